The van der Waals surface area contributed by atoms with Crippen LogP contribution in [0.25, 0.3) is 38.8 Å². The molecule has 0 N–H and O–H groups in total. The van der Waals surface area contributed by atoms with Gasteiger partial charge in [-0.25, -0.2) is 4.79 Å². The van der Waals surface area contributed by atoms with Crippen molar-refractivity contribution in [1.29, 1.82) is 0 Å². The summed E-state index contributed by atoms with van der Waals surface area (Å²) >= 11 is 20.2. The first-order valence-corrected chi connectivity index (χ1v) is 15.5. The van der Waals surface area contributed by atoms with Crippen LogP contribution in [-0.2, 0) is 4.79 Å². The maximum Gasteiger partial charge on any atom is 0.354 e. The Hall–Kier alpha value is -4.30. The molecule has 5 aromatic rings. The number of para-hydroxylation sites is 1. The Morgan fingerprint density at radius 2 is 1.67 bits per heavy atom. The van der Waals surface area contributed by atoms with E-state index in [2.05, 4.69) is 16.5 Å². The fraction of sp³-hybridized carbons (Fsp3) is 0.171. The van der Waals surface area contributed by atoms with Gasteiger partial charge in [-0.3, -0.25) is 9.36 Å². The van der Waals surface area contributed by atoms with Crippen LogP contribution in [0.2, 0.25) is 15.1 Å². The highest BCUT2D eigenvalue weighted by atomic mass is 35.5. The van der Waals surface area contributed by atoms with Gasteiger partial charge in [-0.15, -0.1) is 0 Å². The highest BCUT2D eigenvalue weighted by molar-refractivity contribution is 6.44. The number of methoxy groups -OCH3 is 1. The summed E-state index contributed by atoms with van der Waals surface area (Å²) in [5, 5.41) is 1.69. The number of carbonyl (C=O) groups is 1. The predicted molar refractivity (Wildman–Crippen MR) is 183 cm³/mol. The highest BCUT2D eigenvalue weighted by Gasteiger charge is 2.30. The maximum atomic E-state index is 14.2. The molecular formula is C35H29Cl3N4O3. The third kappa shape index (κ3) is 5.68. The molecule has 7 nitrogen and oxygen atoms in total. The Labute approximate surface area is 275 Å². The van der Waals surface area contributed by atoms with E-state index < -0.39 is 5.69 Å². The third-order valence-electron chi connectivity index (χ3n) is 8.10. The minimum atomic E-state index is -0.458. The molecule has 1 aliphatic heterocycles. The number of ether oxygens (including phenoxy) is 1. The lowest BCUT2D eigenvalue weighted by atomic mass is 10.0. The Morgan fingerprint density at radius 3 is 2.38 bits per heavy atom. The summed E-state index contributed by atoms with van der Waals surface area (Å²) in [6, 6.07) is 24.5. The van der Waals surface area contributed by atoms with E-state index in [1.165, 1.54) is 6.08 Å². The van der Waals surface area contributed by atoms with E-state index in [4.69, 9.17) is 39.5 Å². The van der Waals surface area contributed by atoms with Gasteiger partial charge in [0.15, 0.2) is 0 Å². The first kappa shape index (κ1) is 30.7. The average molecular weight is 660 g/mol. The fourth-order valence-electron chi connectivity index (χ4n) is 5.90. The second-order valence-corrected chi connectivity index (χ2v) is 12.0. The molecule has 228 valence electrons. The second kappa shape index (κ2) is 12.6. The van der Waals surface area contributed by atoms with E-state index in [-0.39, 0.29) is 11.9 Å². The lowest BCUT2D eigenvalue weighted by molar-refractivity contribution is -0.126. The van der Waals surface area contributed by atoms with Gasteiger partial charge in [0.05, 0.1) is 28.4 Å². The van der Waals surface area contributed by atoms with Crippen molar-refractivity contribution >= 4 is 57.4 Å². The normalized spacial score (nSPS) is 14.9. The lowest BCUT2D eigenvalue weighted by Crippen LogP contribution is -2.54. The van der Waals surface area contributed by atoms with E-state index in [1.807, 2.05) is 73.7 Å². The van der Waals surface area contributed by atoms with E-state index in [0.29, 0.717) is 74.0 Å². The first-order chi connectivity index (χ1) is 21.7. The van der Waals surface area contributed by atoms with Crippen LogP contribution in [0.5, 0.6) is 5.75 Å². The topological polar surface area (TPSA) is 67.7 Å². The molecular weight excluding hydrogens is 631 g/mol. The summed E-state index contributed by atoms with van der Waals surface area (Å²) in [4.78, 5) is 35.0. The summed E-state index contributed by atoms with van der Waals surface area (Å²) in [6.45, 7) is 7.01. The number of aromatic nitrogens is 2. The molecule has 6 rings (SSSR count). The molecule has 4 aromatic carbocycles. The van der Waals surface area contributed by atoms with Gasteiger partial charge in [-0.2, -0.15) is 4.98 Å². The van der Waals surface area contributed by atoms with E-state index >= 15 is 0 Å². The molecule has 45 heavy (non-hydrogen) atoms. The van der Waals surface area contributed by atoms with Crippen LogP contribution >= 0.6 is 34.8 Å². The van der Waals surface area contributed by atoms with Crippen molar-refractivity contribution < 1.29 is 9.53 Å². The molecule has 1 aliphatic rings. The van der Waals surface area contributed by atoms with Gasteiger partial charge in [0.2, 0.25) is 5.91 Å². The quantitative estimate of drug-likeness (QED) is 0.173. The zero-order chi connectivity index (χ0) is 31.8. The smallest absolute Gasteiger partial charge is 0.354 e. The van der Waals surface area contributed by atoms with Gasteiger partial charge in [0.25, 0.3) is 0 Å². The number of nitrogens with zero attached hydrogens (tertiary/aromatic N) is 4. The number of hydrogen-bond acceptors (Lipinski definition) is 5. The number of anilines is 1. The Balaban J connectivity index is 1.64. The molecule has 1 aromatic heterocycles. The zero-order valence-corrected chi connectivity index (χ0v) is 26.9. The number of rotatable bonds is 6. The van der Waals surface area contributed by atoms with Gasteiger partial charge in [0.1, 0.15) is 11.6 Å². The van der Waals surface area contributed by atoms with Crippen LogP contribution in [0.15, 0.2) is 96.3 Å². The van der Waals surface area contributed by atoms with Gasteiger partial charge in [0, 0.05) is 58.8 Å². The molecule has 1 saturated heterocycles. The number of hydrogen-bond donors (Lipinski definition) is 0. The van der Waals surface area contributed by atoms with Gasteiger partial charge >= 0.3 is 5.69 Å². The minimum Gasteiger partial charge on any atom is -0.497 e. The molecule has 10 heteroatoms. The molecule has 0 saturated carbocycles. The monoisotopic (exact) mass is 658 g/mol. The number of halogens is 3. The standard InChI is InChI=1S/C35H29Cl3N4O3/c1-4-32(43)40-14-15-41(21(2)20-40)34-27-18-28(36)25(26-16-23(45-3)17-29(37)33(26)38)19-31(27)42(35(44)39-34)30-13-9-8-12-24(30)22-10-6-5-7-11-22/h4-13,16-19,21H,1,14-15,20H2,2-3H3/t21-/m0/s1. The van der Waals surface area contributed by atoms with Crippen molar-refractivity contribution in [1.82, 2.24) is 14.5 Å². The number of benzene rings is 4. The van der Waals surface area contributed by atoms with Crippen molar-refractivity contribution in [3.8, 4) is 33.7 Å². The number of fused-ring (bicyclic) bond motifs is 1. The average Bonchev–Trinajstić information content (AvgIpc) is 3.05. The number of piperazine rings is 1. The number of amides is 1. The van der Waals surface area contributed by atoms with Crippen LogP contribution in [-0.4, -0.2) is 53.1 Å². The van der Waals surface area contributed by atoms with E-state index in [9.17, 15) is 9.59 Å². The first-order valence-electron chi connectivity index (χ1n) is 14.3. The molecule has 1 fully saturated rings. The van der Waals surface area contributed by atoms with E-state index in [0.717, 1.165) is 11.1 Å². The molecule has 0 unspecified atom stereocenters. The van der Waals surface area contributed by atoms with Gasteiger partial charge in [-0.1, -0.05) is 89.9 Å². The van der Waals surface area contributed by atoms with Gasteiger partial charge < -0.3 is 14.5 Å². The Bertz CT molecular complexity index is 2010. The van der Waals surface area contributed by atoms with Crippen LogP contribution < -0.4 is 15.3 Å². The van der Waals surface area contributed by atoms with Crippen LogP contribution in [0.4, 0.5) is 5.82 Å². The predicted octanol–water partition coefficient (Wildman–Crippen LogP) is 7.91. The molecule has 2 heterocycles. The van der Waals surface area contributed by atoms with Crippen molar-refractivity contribution in [3.63, 3.8) is 0 Å². The van der Waals surface area contributed by atoms with Crippen molar-refractivity contribution in [3.05, 3.63) is 117 Å². The van der Waals surface area contributed by atoms with Crippen LogP contribution in [0.1, 0.15) is 6.92 Å². The van der Waals surface area contributed by atoms with Crippen molar-refractivity contribution in [2.24, 2.45) is 0 Å². The van der Waals surface area contributed by atoms with Crippen molar-refractivity contribution in [2.75, 3.05) is 31.6 Å². The van der Waals surface area contributed by atoms with Crippen LogP contribution in [0.3, 0.4) is 0 Å². The summed E-state index contributed by atoms with van der Waals surface area (Å²) in [6.07, 6.45) is 1.32. The van der Waals surface area contributed by atoms with E-state index in [1.54, 1.807) is 28.7 Å². The second-order valence-electron chi connectivity index (χ2n) is 10.8. The Morgan fingerprint density at radius 1 is 0.933 bits per heavy atom. The maximum absolute atomic E-state index is 14.2. The minimum absolute atomic E-state index is 0.129. The third-order valence-corrected chi connectivity index (χ3v) is 9.22. The molecule has 0 spiro atoms. The lowest BCUT2D eigenvalue weighted by Gasteiger charge is -2.40. The van der Waals surface area contributed by atoms with Crippen molar-refractivity contribution in [2.45, 2.75) is 13.0 Å². The summed E-state index contributed by atoms with van der Waals surface area (Å²) in [5.41, 5.74) is 3.74. The molecule has 0 aliphatic carbocycles. The highest BCUT2D eigenvalue weighted by Crippen LogP contribution is 2.43. The molecule has 1 atom stereocenters. The SMILES string of the molecule is C=CC(=O)N1CCN(c2nc(=O)n(-c3ccccc3-c3ccccc3)c3cc(-c4cc(OC)cc(Cl)c4Cl)c(Cl)cc23)[C@@H](C)C1. The Kier molecular flexibility index (Phi) is 8.60. The summed E-state index contributed by atoms with van der Waals surface area (Å²) in [7, 11) is 1.55. The molecule has 0 bridgehead atoms. The molecule has 1 amide bonds. The summed E-state index contributed by atoms with van der Waals surface area (Å²) in [5.74, 6) is 0.872. The van der Waals surface area contributed by atoms with Gasteiger partial charge in [-0.05, 0) is 42.8 Å². The summed E-state index contributed by atoms with van der Waals surface area (Å²) < 4.78 is 7.08. The zero-order valence-electron chi connectivity index (χ0n) is 24.6. The van der Waals surface area contributed by atoms with Crippen LogP contribution in [0, 0.1) is 0 Å². The number of carbonyl (C=O) groups excluding carboxylic acids is 1. The largest absolute Gasteiger partial charge is 0.497 e. The molecule has 0 radical (unpaired) electrons. The fourth-order valence-corrected chi connectivity index (χ4v) is 6.58.